The highest BCUT2D eigenvalue weighted by atomic mass is 16.8. The van der Waals surface area contributed by atoms with Crippen molar-refractivity contribution in [1.29, 1.82) is 0 Å². The Bertz CT molecular complexity index is 994. The molecule has 4 N–H and O–H groups in total. The van der Waals surface area contributed by atoms with Crippen molar-refractivity contribution < 1.29 is 29.9 Å². The fourth-order valence-electron chi connectivity index (χ4n) is 2.94. The van der Waals surface area contributed by atoms with Gasteiger partial charge in [0.1, 0.15) is 6.61 Å². The number of amides is 1. The Hall–Kier alpha value is -3.56. The molecule has 160 valence electrons. The van der Waals surface area contributed by atoms with Crippen LogP contribution in [0.1, 0.15) is 27.5 Å². The first-order valence-corrected chi connectivity index (χ1v) is 9.53. The van der Waals surface area contributed by atoms with Gasteiger partial charge in [-0.15, -0.1) is 0 Å². The van der Waals surface area contributed by atoms with E-state index in [-0.39, 0.29) is 12.3 Å². The smallest absolute Gasteiger partial charge is 0.337 e. The Kier molecular flexibility index (Phi) is 7.47. The third kappa shape index (κ3) is 5.97. The van der Waals surface area contributed by atoms with Crippen LogP contribution in [0.3, 0.4) is 0 Å². The largest absolute Gasteiger partial charge is 0.595 e. The summed E-state index contributed by atoms with van der Waals surface area (Å²) in [5, 5.41) is 32.1. The molecule has 0 spiro atoms. The number of benzene rings is 3. The lowest BCUT2D eigenvalue weighted by atomic mass is 10.0. The average Bonchev–Trinajstić information content (AvgIpc) is 2.81. The van der Waals surface area contributed by atoms with Crippen LogP contribution in [0.5, 0.6) is 0 Å². The van der Waals surface area contributed by atoms with Crippen molar-refractivity contribution in [2.24, 2.45) is 0 Å². The second-order valence-corrected chi connectivity index (χ2v) is 6.78. The minimum atomic E-state index is -1.65. The summed E-state index contributed by atoms with van der Waals surface area (Å²) in [6, 6.07) is 21.9. The number of quaternary nitrogens is 1. The number of hydrogen-bond donors (Lipinski definition) is 4. The van der Waals surface area contributed by atoms with Crippen LogP contribution in [-0.4, -0.2) is 28.3 Å². The topological polar surface area (TPSA) is 123 Å². The number of hydrogen-bond acceptors (Lipinski definition) is 6. The van der Waals surface area contributed by atoms with Crippen LogP contribution in [0, 0.1) is 5.21 Å². The molecule has 8 nitrogen and oxygen atoms in total. The van der Waals surface area contributed by atoms with Crippen molar-refractivity contribution in [1.82, 2.24) is 5.32 Å². The van der Waals surface area contributed by atoms with Gasteiger partial charge in [-0.25, -0.2) is 10.0 Å². The van der Waals surface area contributed by atoms with Crippen LogP contribution in [0.2, 0.25) is 0 Å². The second-order valence-electron chi connectivity index (χ2n) is 6.78. The monoisotopic (exact) mass is 422 g/mol. The van der Waals surface area contributed by atoms with Gasteiger partial charge in [0.2, 0.25) is 0 Å². The number of ether oxygens (including phenoxy) is 1. The van der Waals surface area contributed by atoms with Gasteiger partial charge < -0.3 is 20.4 Å². The van der Waals surface area contributed by atoms with Crippen molar-refractivity contribution in [2.75, 3.05) is 0 Å². The number of carbonyl (C=O) groups is 2. The van der Waals surface area contributed by atoms with E-state index < -0.39 is 29.2 Å². The maximum atomic E-state index is 12.6. The highest BCUT2D eigenvalue weighted by Gasteiger charge is 2.30. The average molecular weight is 422 g/mol. The molecule has 0 aromatic heterocycles. The van der Waals surface area contributed by atoms with Gasteiger partial charge in [-0.3, -0.25) is 4.79 Å². The standard InChI is InChI=1S/C23H22N2O6/c26-21(23(28)31-15-16-11-13-19(14-12-16)25(29)30)20(17-7-3-1-4-8-17)24-22(27)18-9-5-2-6-10-18/h1-14,20-21,25-26,29H,15H2,(H,24,27). The van der Waals surface area contributed by atoms with Gasteiger partial charge in [0.25, 0.3) is 5.91 Å². The SMILES string of the molecule is O=C(NC(c1ccccc1)C(O)C(=O)OCc1ccc([NH+]([O-])O)cc1)c1ccccc1. The molecular formula is C23H22N2O6. The molecule has 0 aliphatic heterocycles. The number of aliphatic hydroxyl groups excluding tert-OH is 1. The Morgan fingerprint density at radius 2 is 1.52 bits per heavy atom. The quantitative estimate of drug-likeness (QED) is 0.323. The van der Waals surface area contributed by atoms with Gasteiger partial charge in [-0.1, -0.05) is 48.5 Å². The molecule has 31 heavy (non-hydrogen) atoms. The molecule has 0 aliphatic carbocycles. The molecule has 0 bridgehead atoms. The molecule has 0 fully saturated rings. The van der Waals surface area contributed by atoms with E-state index in [0.717, 1.165) is 0 Å². The normalized spacial score (nSPS) is 13.6. The first-order valence-electron chi connectivity index (χ1n) is 9.53. The number of esters is 1. The number of aliphatic hydroxyl groups is 1. The summed E-state index contributed by atoms with van der Waals surface area (Å²) in [5.41, 5.74) is 1.61. The summed E-state index contributed by atoms with van der Waals surface area (Å²) in [4.78, 5) is 25.1. The van der Waals surface area contributed by atoms with Crippen LogP contribution < -0.4 is 10.5 Å². The van der Waals surface area contributed by atoms with E-state index in [0.29, 0.717) is 16.7 Å². The molecule has 0 aliphatic rings. The zero-order valence-corrected chi connectivity index (χ0v) is 16.5. The summed E-state index contributed by atoms with van der Waals surface area (Å²) >= 11 is 0. The van der Waals surface area contributed by atoms with E-state index in [2.05, 4.69) is 5.32 Å². The Morgan fingerprint density at radius 3 is 2.10 bits per heavy atom. The summed E-state index contributed by atoms with van der Waals surface area (Å²) in [7, 11) is 0. The first-order chi connectivity index (χ1) is 15.0. The van der Waals surface area contributed by atoms with Gasteiger partial charge in [0.15, 0.2) is 11.8 Å². The lowest BCUT2D eigenvalue weighted by molar-refractivity contribution is -0.991. The van der Waals surface area contributed by atoms with Crippen LogP contribution in [-0.2, 0) is 16.1 Å². The zero-order valence-electron chi connectivity index (χ0n) is 16.5. The molecular weight excluding hydrogens is 400 g/mol. The highest BCUT2D eigenvalue weighted by molar-refractivity contribution is 5.94. The zero-order chi connectivity index (χ0) is 22.2. The van der Waals surface area contributed by atoms with Crippen molar-refractivity contribution in [3.05, 3.63) is 107 Å². The third-order valence-electron chi connectivity index (χ3n) is 4.62. The molecule has 3 atom stereocenters. The molecule has 0 saturated heterocycles. The predicted molar refractivity (Wildman–Crippen MR) is 111 cm³/mol. The highest BCUT2D eigenvalue weighted by Crippen LogP contribution is 2.19. The van der Waals surface area contributed by atoms with Gasteiger partial charge in [0, 0.05) is 17.7 Å². The number of carbonyl (C=O) groups excluding carboxylic acids is 2. The lowest BCUT2D eigenvalue weighted by Gasteiger charge is -2.23. The van der Waals surface area contributed by atoms with Crippen LogP contribution >= 0.6 is 0 Å². The minimum Gasteiger partial charge on any atom is -0.595 e. The first kappa shape index (κ1) is 22.1. The molecule has 1 amide bonds. The van der Waals surface area contributed by atoms with E-state index in [1.165, 1.54) is 24.3 Å². The van der Waals surface area contributed by atoms with E-state index >= 15 is 0 Å². The van der Waals surface area contributed by atoms with Crippen molar-refractivity contribution in [2.45, 2.75) is 18.8 Å². The van der Waals surface area contributed by atoms with Gasteiger partial charge in [-0.05, 0) is 35.4 Å². The summed E-state index contributed by atoms with van der Waals surface area (Å²) in [5.74, 6) is -1.35. The van der Waals surface area contributed by atoms with Crippen molar-refractivity contribution in [3.8, 4) is 0 Å². The molecule has 3 aromatic rings. The Morgan fingerprint density at radius 1 is 0.935 bits per heavy atom. The van der Waals surface area contributed by atoms with E-state index in [1.807, 2.05) is 0 Å². The van der Waals surface area contributed by atoms with Crippen LogP contribution in [0.25, 0.3) is 0 Å². The molecule has 3 aromatic carbocycles. The van der Waals surface area contributed by atoms with Crippen LogP contribution in [0.15, 0.2) is 84.9 Å². The van der Waals surface area contributed by atoms with Gasteiger partial charge in [0.05, 0.1) is 6.04 Å². The molecule has 3 unspecified atom stereocenters. The van der Waals surface area contributed by atoms with Crippen LogP contribution in [0.4, 0.5) is 5.69 Å². The molecule has 0 saturated carbocycles. The van der Waals surface area contributed by atoms with Crippen molar-refractivity contribution in [3.63, 3.8) is 0 Å². The van der Waals surface area contributed by atoms with Gasteiger partial charge in [-0.2, -0.15) is 5.23 Å². The van der Waals surface area contributed by atoms with Crippen molar-refractivity contribution >= 4 is 17.6 Å². The maximum Gasteiger partial charge on any atom is 0.337 e. The van der Waals surface area contributed by atoms with E-state index in [4.69, 9.17) is 9.94 Å². The summed E-state index contributed by atoms with van der Waals surface area (Å²) in [6.07, 6.45) is -1.65. The number of nitrogens with one attached hydrogen (secondary N) is 2. The lowest BCUT2D eigenvalue weighted by Crippen LogP contribution is -2.99. The van der Waals surface area contributed by atoms with E-state index in [1.54, 1.807) is 60.7 Å². The minimum absolute atomic E-state index is 0.114. The fourth-order valence-corrected chi connectivity index (χ4v) is 2.94. The maximum absolute atomic E-state index is 12.6. The second kappa shape index (κ2) is 10.5. The predicted octanol–water partition coefficient (Wildman–Crippen LogP) is 1.67. The molecule has 0 heterocycles. The third-order valence-corrected chi connectivity index (χ3v) is 4.62. The summed E-state index contributed by atoms with van der Waals surface area (Å²) in [6.45, 7) is -0.149. The summed E-state index contributed by atoms with van der Waals surface area (Å²) < 4.78 is 5.19. The fraction of sp³-hybridized carbons (Fsp3) is 0.130. The Balaban J connectivity index is 1.70. The molecule has 3 rings (SSSR count). The Labute approximate surface area is 178 Å². The van der Waals surface area contributed by atoms with E-state index in [9.17, 15) is 19.9 Å². The van der Waals surface area contributed by atoms with Gasteiger partial charge >= 0.3 is 5.97 Å². The number of rotatable bonds is 8. The molecule has 0 radical (unpaired) electrons. The molecule has 8 heteroatoms.